The van der Waals surface area contributed by atoms with Gasteiger partial charge in [-0.3, -0.25) is 14.4 Å². The van der Waals surface area contributed by atoms with Crippen LogP contribution in [0, 0.1) is 5.41 Å². The van der Waals surface area contributed by atoms with Crippen molar-refractivity contribution in [3.05, 3.63) is 97.1 Å². The molecule has 2 aliphatic rings. The SMILES string of the molecule is C=CC[C@H](O)C[C@H]1CCC[C@@H](C[C@H](CC(=O)O[C@@H](CO[Si](C)(C)C(C)(C)C)C[C@@H]2C/C(=C\C(=O)OC)[C@H](OC(=O)CCCCCCC)[C@](O)(C(C)(C)/C=C/C=O)O2)O[Si](c2ccccc2)(c2ccccc2)C(C)(C)C)O1. The Morgan fingerprint density at radius 2 is 1.42 bits per heavy atom. The van der Waals surface area contributed by atoms with Crippen LogP contribution in [0.2, 0.25) is 23.2 Å². The molecule has 76 heavy (non-hydrogen) atoms. The van der Waals surface area contributed by atoms with E-state index in [-0.39, 0.29) is 55.1 Å². The Kier molecular flexibility index (Phi) is 24.8. The number of rotatable bonds is 29. The molecule has 2 aromatic carbocycles. The zero-order valence-electron chi connectivity index (χ0n) is 48.1. The van der Waals surface area contributed by atoms with E-state index in [1.165, 1.54) is 25.3 Å². The van der Waals surface area contributed by atoms with Crippen LogP contribution in [0.1, 0.15) is 159 Å². The first kappa shape index (κ1) is 64.5. The number of ether oxygens (including phenoxy) is 5. The number of aliphatic hydroxyl groups is 2. The number of hydrogen-bond donors (Lipinski definition) is 2. The molecule has 8 atom stereocenters. The fourth-order valence-corrected chi connectivity index (χ4v) is 16.0. The molecule has 2 fully saturated rings. The maximum atomic E-state index is 15.1. The zero-order chi connectivity index (χ0) is 56.4. The number of esters is 3. The first-order chi connectivity index (χ1) is 35.7. The van der Waals surface area contributed by atoms with Crippen molar-refractivity contribution >= 4 is 51.2 Å². The van der Waals surface area contributed by atoms with Gasteiger partial charge in [0.15, 0.2) is 14.4 Å². The van der Waals surface area contributed by atoms with Gasteiger partial charge in [0.1, 0.15) is 12.4 Å². The number of aldehydes is 1. The Hall–Kier alpha value is -4.07. The van der Waals surface area contributed by atoms with E-state index in [0.29, 0.717) is 32.0 Å². The molecule has 2 heterocycles. The van der Waals surface area contributed by atoms with Crippen LogP contribution in [0.5, 0.6) is 0 Å². The Morgan fingerprint density at radius 3 is 1.97 bits per heavy atom. The van der Waals surface area contributed by atoms with Crippen LogP contribution < -0.4 is 10.4 Å². The monoisotopic (exact) mass is 1090 g/mol. The van der Waals surface area contributed by atoms with E-state index >= 15 is 4.79 Å². The molecule has 2 aliphatic heterocycles. The number of unbranched alkanes of at least 4 members (excludes halogenated alkanes) is 4. The summed E-state index contributed by atoms with van der Waals surface area (Å²) in [4.78, 5) is 53.6. The summed E-state index contributed by atoms with van der Waals surface area (Å²) >= 11 is 0. The van der Waals surface area contributed by atoms with E-state index in [4.69, 9.17) is 32.5 Å². The predicted octanol–water partition coefficient (Wildman–Crippen LogP) is 10.9. The summed E-state index contributed by atoms with van der Waals surface area (Å²) in [5.74, 6) is -4.15. The number of benzene rings is 2. The van der Waals surface area contributed by atoms with Gasteiger partial charge < -0.3 is 42.7 Å². The summed E-state index contributed by atoms with van der Waals surface area (Å²) in [6, 6.07) is 20.6. The highest BCUT2D eigenvalue weighted by Gasteiger charge is 2.58. The molecule has 0 radical (unpaired) electrons. The lowest BCUT2D eigenvalue weighted by Gasteiger charge is -2.51. The smallest absolute Gasteiger partial charge is 0.330 e. The van der Waals surface area contributed by atoms with Crippen LogP contribution in [0.15, 0.2) is 97.1 Å². The summed E-state index contributed by atoms with van der Waals surface area (Å²) in [5, 5.41) is 25.2. The molecule has 0 aromatic heterocycles. The van der Waals surface area contributed by atoms with Crippen molar-refractivity contribution in [2.75, 3.05) is 13.7 Å². The number of methoxy groups -OCH3 is 1. The van der Waals surface area contributed by atoms with Crippen LogP contribution in [0.3, 0.4) is 0 Å². The van der Waals surface area contributed by atoms with E-state index in [1.54, 1.807) is 19.9 Å². The van der Waals surface area contributed by atoms with Crippen LogP contribution >= 0.6 is 0 Å². The van der Waals surface area contributed by atoms with Crippen molar-refractivity contribution in [2.45, 2.75) is 230 Å². The number of hydrogen-bond acceptors (Lipinski definition) is 13. The number of allylic oxidation sites excluding steroid dienone is 1. The topological polar surface area (TPSA) is 173 Å². The average molecular weight is 1090 g/mol. The molecule has 13 nitrogen and oxygen atoms in total. The molecular formula is C61H94O13Si2. The lowest BCUT2D eigenvalue weighted by molar-refractivity contribution is -0.327. The van der Waals surface area contributed by atoms with Crippen molar-refractivity contribution in [2.24, 2.45) is 5.41 Å². The van der Waals surface area contributed by atoms with Crippen molar-refractivity contribution in [3.63, 3.8) is 0 Å². The van der Waals surface area contributed by atoms with Crippen LogP contribution in [0.4, 0.5) is 0 Å². The first-order valence-electron chi connectivity index (χ1n) is 27.8. The molecule has 0 bridgehead atoms. The Labute approximate surface area is 457 Å². The van der Waals surface area contributed by atoms with Crippen molar-refractivity contribution < 1.29 is 61.9 Å². The van der Waals surface area contributed by atoms with E-state index in [2.05, 4.69) is 92.4 Å². The van der Waals surface area contributed by atoms with Gasteiger partial charge >= 0.3 is 17.9 Å². The number of carbonyl (C=O) groups is 4. The maximum Gasteiger partial charge on any atom is 0.330 e. The highest BCUT2D eigenvalue weighted by Crippen LogP contribution is 2.47. The lowest BCUT2D eigenvalue weighted by Crippen LogP contribution is -2.68. The standard InChI is InChI=1S/C61H94O13Si2/c1-14-16-17-18-25-35-54(64)72-57-45(39-55(65)68-11)38-49(73-61(57,67)60(9,10)36-27-37-62)42-51(44-69-75(12,13)58(3,4)5)71-56(66)43-50(41-48-30-26-29-47(70-48)40-46(63)28-15-2)74-76(59(6,7)8,52-31-21-19-22-32-52)53-33-23-20-24-34-53/h15,19-24,27,31-34,36-37,39,46-51,57,63,67H,2,14,16-18,25-26,28-30,35,38,40-44H2,1,3-13H3/b36-27+,45-39+/t46-,47+,48-,49-,50+,51+,57-,61+/m0/s1. The number of carbonyl (C=O) groups excluding carboxylic acids is 4. The third kappa shape index (κ3) is 18.0. The molecular weight excluding hydrogens is 997 g/mol. The molecule has 0 saturated carbocycles. The molecule has 0 amide bonds. The Bertz CT molecular complexity index is 2160. The van der Waals surface area contributed by atoms with E-state index in [0.717, 1.165) is 55.3 Å². The third-order valence-electron chi connectivity index (χ3n) is 15.6. The molecule has 0 aliphatic carbocycles. The van der Waals surface area contributed by atoms with Gasteiger partial charge in [0.2, 0.25) is 5.79 Å². The summed E-state index contributed by atoms with van der Waals surface area (Å²) in [5.41, 5.74) is -1.14. The summed E-state index contributed by atoms with van der Waals surface area (Å²) in [7, 11) is -4.48. The first-order valence-corrected chi connectivity index (χ1v) is 32.6. The minimum atomic E-state index is -3.24. The van der Waals surface area contributed by atoms with Gasteiger partial charge in [-0.15, -0.1) is 6.58 Å². The zero-order valence-corrected chi connectivity index (χ0v) is 50.1. The molecule has 0 spiro atoms. The summed E-state index contributed by atoms with van der Waals surface area (Å²) < 4.78 is 45.8. The van der Waals surface area contributed by atoms with Gasteiger partial charge in [-0.1, -0.05) is 161 Å². The van der Waals surface area contributed by atoms with Gasteiger partial charge in [0, 0.05) is 24.3 Å². The minimum absolute atomic E-state index is 0.00212. The van der Waals surface area contributed by atoms with Crippen molar-refractivity contribution in [1.29, 1.82) is 0 Å². The highest BCUT2D eigenvalue weighted by atomic mass is 28.4. The van der Waals surface area contributed by atoms with Gasteiger partial charge in [-0.2, -0.15) is 0 Å². The Balaban J connectivity index is 1.80. The van der Waals surface area contributed by atoms with Gasteiger partial charge in [0.05, 0.1) is 50.7 Å². The van der Waals surface area contributed by atoms with Crippen molar-refractivity contribution in [1.82, 2.24) is 0 Å². The highest BCUT2D eigenvalue weighted by molar-refractivity contribution is 6.99. The van der Waals surface area contributed by atoms with E-state index < -0.39 is 81.3 Å². The van der Waals surface area contributed by atoms with Crippen LogP contribution in [-0.2, 0) is 51.7 Å². The second kappa shape index (κ2) is 29.2. The number of aliphatic hydroxyl groups excluding tert-OH is 1. The molecule has 2 saturated heterocycles. The van der Waals surface area contributed by atoms with Gasteiger partial charge in [0.25, 0.3) is 8.32 Å². The molecule has 15 heteroatoms. The summed E-state index contributed by atoms with van der Waals surface area (Å²) in [6.45, 7) is 26.4. The fraction of sp³-hybridized carbons (Fsp3) is 0.639. The van der Waals surface area contributed by atoms with Crippen LogP contribution in [0.25, 0.3) is 0 Å². The predicted molar refractivity (Wildman–Crippen MR) is 304 cm³/mol. The molecule has 424 valence electrons. The third-order valence-corrected chi connectivity index (χ3v) is 25.2. The van der Waals surface area contributed by atoms with E-state index in [1.807, 2.05) is 36.4 Å². The van der Waals surface area contributed by atoms with E-state index in [9.17, 15) is 24.6 Å². The average Bonchev–Trinajstić information content (AvgIpc) is 3.35. The molecule has 0 unspecified atom stereocenters. The maximum absolute atomic E-state index is 15.1. The molecule has 4 rings (SSSR count). The second-order valence-corrected chi connectivity index (χ2v) is 33.2. The van der Waals surface area contributed by atoms with Gasteiger partial charge in [-0.25, -0.2) is 4.79 Å². The lowest BCUT2D eigenvalue weighted by atomic mass is 9.74. The normalized spacial score (nSPS) is 22.6. The molecule has 2 aromatic rings. The largest absolute Gasteiger partial charge is 0.466 e. The summed E-state index contributed by atoms with van der Waals surface area (Å²) in [6.07, 6.45) is 9.44. The second-order valence-electron chi connectivity index (χ2n) is 24.1. The molecule has 2 N–H and O–H groups in total. The Morgan fingerprint density at radius 1 is 0.829 bits per heavy atom. The van der Waals surface area contributed by atoms with Crippen LogP contribution in [-0.4, -0.2) is 113 Å². The van der Waals surface area contributed by atoms with Gasteiger partial charge in [-0.05, 0) is 96.6 Å². The van der Waals surface area contributed by atoms with Crippen molar-refractivity contribution in [3.8, 4) is 0 Å². The minimum Gasteiger partial charge on any atom is -0.466 e. The fourth-order valence-electron chi connectivity index (χ4n) is 10.3. The quantitative estimate of drug-likeness (QED) is 0.0150.